The number of aryl methyl sites for hydroxylation is 1. The average molecular weight is 245 g/mol. The summed E-state index contributed by atoms with van der Waals surface area (Å²) in [5.74, 6) is 3.24. The molecular formula is C14H19N3O. The smallest absolute Gasteiger partial charge is 0.121 e. The number of fused-ring (bicyclic) bond motifs is 1. The van der Waals surface area contributed by atoms with E-state index >= 15 is 0 Å². The zero-order chi connectivity index (χ0) is 12.7. The van der Waals surface area contributed by atoms with Crippen LogP contribution in [0.3, 0.4) is 0 Å². The number of hydrogen-bond acceptors (Lipinski definition) is 3. The molecule has 1 aromatic heterocycles. The third-order valence-corrected chi connectivity index (χ3v) is 4.05. The fourth-order valence-electron chi connectivity index (χ4n) is 2.61. The molecule has 0 saturated carbocycles. The number of aromatic nitrogens is 2. The highest BCUT2D eigenvalue weighted by molar-refractivity contribution is 5.77. The second-order valence-corrected chi connectivity index (χ2v) is 5.09. The van der Waals surface area contributed by atoms with Gasteiger partial charge in [0.15, 0.2) is 0 Å². The van der Waals surface area contributed by atoms with Crippen LogP contribution in [0.5, 0.6) is 5.75 Å². The Morgan fingerprint density at radius 3 is 2.83 bits per heavy atom. The van der Waals surface area contributed by atoms with Gasteiger partial charge >= 0.3 is 0 Å². The Balaban J connectivity index is 2.04. The molecule has 96 valence electrons. The van der Waals surface area contributed by atoms with Crippen LogP contribution in [0.2, 0.25) is 0 Å². The minimum atomic E-state index is 0.495. The number of imidazole rings is 1. The lowest BCUT2D eigenvalue weighted by Crippen LogP contribution is -2.45. The van der Waals surface area contributed by atoms with E-state index in [-0.39, 0.29) is 0 Å². The molecule has 0 bridgehead atoms. The van der Waals surface area contributed by atoms with Crippen LogP contribution >= 0.6 is 0 Å². The first-order chi connectivity index (χ1) is 8.70. The van der Waals surface area contributed by atoms with Crippen molar-refractivity contribution >= 4 is 11.0 Å². The van der Waals surface area contributed by atoms with E-state index in [0.717, 1.165) is 24.4 Å². The predicted octanol–water partition coefficient (Wildman–Crippen LogP) is 1.90. The van der Waals surface area contributed by atoms with Crippen LogP contribution in [0, 0.1) is 5.92 Å². The molecule has 0 spiro atoms. The molecule has 2 aromatic rings. The minimum absolute atomic E-state index is 0.495. The summed E-state index contributed by atoms with van der Waals surface area (Å²) in [5.41, 5.74) is 2.19. The molecule has 4 nitrogen and oxygen atoms in total. The molecule has 1 atom stereocenters. The van der Waals surface area contributed by atoms with Gasteiger partial charge in [-0.1, -0.05) is 6.92 Å². The van der Waals surface area contributed by atoms with Crippen molar-refractivity contribution < 1.29 is 4.74 Å². The third kappa shape index (κ3) is 1.68. The number of hydrogen-bond donors (Lipinski definition) is 1. The van der Waals surface area contributed by atoms with Crippen molar-refractivity contribution in [3.8, 4) is 5.75 Å². The normalized spacial score (nSPS) is 17.7. The molecule has 2 heterocycles. The van der Waals surface area contributed by atoms with Gasteiger partial charge in [0.25, 0.3) is 0 Å². The number of nitrogens with zero attached hydrogens (tertiary/aromatic N) is 2. The summed E-state index contributed by atoms with van der Waals surface area (Å²) in [6, 6.07) is 6.07. The van der Waals surface area contributed by atoms with Crippen LogP contribution in [0.1, 0.15) is 18.7 Å². The number of methoxy groups -OCH3 is 1. The van der Waals surface area contributed by atoms with E-state index in [0.29, 0.717) is 11.8 Å². The molecule has 0 amide bonds. The number of nitrogens with one attached hydrogen (secondary N) is 1. The second-order valence-electron chi connectivity index (χ2n) is 5.09. The largest absolute Gasteiger partial charge is 0.497 e. The van der Waals surface area contributed by atoms with Gasteiger partial charge in [-0.25, -0.2) is 4.98 Å². The summed E-state index contributed by atoms with van der Waals surface area (Å²) in [4.78, 5) is 4.78. The molecule has 3 rings (SSSR count). The molecule has 1 fully saturated rings. The van der Waals surface area contributed by atoms with Gasteiger partial charge in [0.2, 0.25) is 0 Å². The standard InChI is InChI=1S/C14H19N3O/c1-9(10-7-15-8-10)14-16-12-6-11(18-3)4-5-13(12)17(14)2/h4-6,9-10,15H,7-8H2,1-3H3. The van der Waals surface area contributed by atoms with E-state index in [1.165, 1.54) is 11.3 Å². The molecule has 1 saturated heterocycles. The molecule has 4 heteroatoms. The lowest BCUT2D eigenvalue weighted by atomic mass is 9.88. The van der Waals surface area contributed by atoms with Crippen LogP contribution in [0.4, 0.5) is 0 Å². The lowest BCUT2D eigenvalue weighted by Gasteiger charge is -2.32. The number of rotatable bonds is 3. The van der Waals surface area contributed by atoms with Crippen LogP contribution in [0.15, 0.2) is 18.2 Å². The molecule has 0 aliphatic carbocycles. The highest BCUT2D eigenvalue weighted by Crippen LogP contribution is 2.29. The van der Waals surface area contributed by atoms with Crippen molar-refractivity contribution in [2.75, 3.05) is 20.2 Å². The fraction of sp³-hybridized carbons (Fsp3) is 0.500. The summed E-state index contributed by atoms with van der Waals surface area (Å²) in [5, 5.41) is 3.33. The Morgan fingerprint density at radius 1 is 1.44 bits per heavy atom. The SMILES string of the molecule is COc1ccc2c(c1)nc(C(C)C1CNC1)n2C. The van der Waals surface area contributed by atoms with Gasteiger partial charge < -0.3 is 14.6 Å². The Kier molecular flexibility index (Phi) is 2.74. The molecule has 1 N–H and O–H groups in total. The van der Waals surface area contributed by atoms with Gasteiger partial charge in [0.1, 0.15) is 11.6 Å². The van der Waals surface area contributed by atoms with E-state index in [1.54, 1.807) is 7.11 Å². The maximum absolute atomic E-state index is 5.25. The van der Waals surface area contributed by atoms with Crippen molar-refractivity contribution in [2.24, 2.45) is 13.0 Å². The van der Waals surface area contributed by atoms with Crippen LogP contribution in [-0.4, -0.2) is 29.8 Å². The van der Waals surface area contributed by atoms with E-state index in [9.17, 15) is 0 Å². The highest BCUT2D eigenvalue weighted by atomic mass is 16.5. The van der Waals surface area contributed by atoms with Crippen LogP contribution in [0.25, 0.3) is 11.0 Å². The first-order valence-electron chi connectivity index (χ1n) is 6.42. The molecule has 1 aromatic carbocycles. The van der Waals surface area contributed by atoms with E-state index in [2.05, 4.69) is 29.9 Å². The molecular weight excluding hydrogens is 226 g/mol. The minimum Gasteiger partial charge on any atom is -0.497 e. The van der Waals surface area contributed by atoms with Crippen molar-refractivity contribution in [1.29, 1.82) is 0 Å². The first kappa shape index (κ1) is 11.5. The zero-order valence-electron chi connectivity index (χ0n) is 11.1. The molecule has 1 unspecified atom stereocenters. The van der Waals surface area contributed by atoms with Crippen molar-refractivity contribution in [3.05, 3.63) is 24.0 Å². The number of benzene rings is 1. The van der Waals surface area contributed by atoms with E-state index in [1.807, 2.05) is 12.1 Å². The predicted molar refractivity (Wildman–Crippen MR) is 72.0 cm³/mol. The van der Waals surface area contributed by atoms with Gasteiger partial charge in [-0.15, -0.1) is 0 Å². The topological polar surface area (TPSA) is 39.1 Å². The molecule has 18 heavy (non-hydrogen) atoms. The van der Waals surface area contributed by atoms with Crippen molar-refractivity contribution in [1.82, 2.24) is 14.9 Å². The molecule has 1 aliphatic rings. The molecule has 0 radical (unpaired) electrons. The Morgan fingerprint density at radius 2 is 2.22 bits per heavy atom. The van der Waals surface area contributed by atoms with Crippen LogP contribution < -0.4 is 10.1 Å². The lowest BCUT2D eigenvalue weighted by molar-refractivity contribution is 0.293. The number of ether oxygens (including phenoxy) is 1. The summed E-state index contributed by atoms with van der Waals surface area (Å²) in [7, 11) is 3.79. The van der Waals surface area contributed by atoms with Crippen LogP contribution in [-0.2, 0) is 7.05 Å². The van der Waals surface area contributed by atoms with Crippen molar-refractivity contribution in [2.45, 2.75) is 12.8 Å². The summed E-state index contributed by atoms with van der Waals surface area (Å²) in [6.45, 7) is 4.48. The third-order valence-electron chi connectivity index (χ3n) is 4.05. The van der Waals surface area contributed by atoms with Gasteiger partial charge in [0, 0.05) is 19.0 Å². The van der Waals surface area contributed by atoms with Gasteiger partial charge in [-0.05, 0) is 31.1 Å². The summed E-state index contributed by atoms with van der Waals surface area (Å²) in [6.07, 6.45) is 0. The summed E-state index contributed by atoms with van der Waals surface area (Å²) >= 11 is 0. The molecule has 1 aliphatic heterocycles. The quantitative estimate of drug-likeness (QED) is 0.897. The monoisotopic (exact) mass is 245 g/mol. The highest BCUT2D eigenvalue weighted by Gasteiger charge is 2.28. The maximum atomic E-state index is 5.25. The van der Waals surface area contributed by atoms with Gasteiger partial charge in [0.05, 0.1) is 18.1 Å². The first-order valence-corrected chi connectivity index (χ1v) is 6.42. The Labute approximate surface area is 107 Å². The zero-order valence-corrected chi connectivity index (χ0v) is 11.1. The Hall–Kier alpha value is -1.55. The maximum Gasteiger partial charge on any atom is 0.121 e. The fourth-order valence-corrected chi connectivity index (χ4v) is 2.61. The van der Waals surface area contributed by atoms with Gasteiger partial charge in [-0.2, -0.15) is 0 Å². The van der Waals surface area contributed by atoms with Gasteiger partial charge in [-0.3, -0.25) is 0 Å². The van der Waals surface area contributed by atoms with E-state index < -0.39 is 0 Å². The second kappa shape index (κ2) is 4.28. The Bertz CT molecular complexity index is 572. The average Bonchev–Trinajstić information content (AvgIpc) is 2.64. The van der Waals surface area contributed by atoms with E-state index in [4.69, 9.17) is 9.72 Å². The van der Waals surface area contributed by atoms with Crippen molar-refractivity contribution in [3.63, 3.8) is 0 Å². The summed E-state index contributed by atoms with van der Waals surface area (Å²) < 4.78 is 7.46.